The van der Waals surface area contributed by atoms with Crippen LogP contribution in [0.4, 0.5) is 0 Å². The van der Waals surface area contributed by atoms with Crippen molar-refractivity contribution in [2.75, 3.05) is 0 Å². The minimum Gasteiger partial charge on any atom is -0.481 e. The van der Waals surface area contributed by atoms with Gasteiger partial charge < -0.3 is 14.6 Å². The van der Waals surface area contributed by atoms with Crippen LogP contribution in [0.2, 0.25) is 0 Å². The lowest BCUT2D eigenvalue weighted by atomic mass is 9.92. The second-order valence-corrected chi connectivity index (χ2v) is 9.37. The van der Waals surface area contributed by atoms with Gasteiger partial charge >= 0.3 is 5.97 Å². The standard InChI is InChI=1S/C14H22O.C13H20O3.2C2H6/c1-5-7-8-11(3)14-10-9-12(4)13(6-2)15-14;1-9-6-11(5-4-10-2-3-10)16-12(7-9)8-13(14)15;2*1-2/h5,8-9,13-14H,1,6-7,10H2,2-4H3;4-5,9-12H,2-3,6-8H2,1H3,(H,14,15);2*1-2H3/b11-8+;5-4+;;. The number of hydrogen-bond donors (Lipinski definition) is 1. The molecule has 2 heterocycles. The SMILES string of the molecule is C=CC/C=C(\C)C1CC=C(C)C(CC)O1.CC.CC.CC1CC(/C=C/C2CC2)OC(CC(=O)O)C1. The molecule has 2 fully saturated rings. The van der Waals surface area contributed by atoms with Crippen LogP contribution in [0.1, 0.15) is 107 Å². The van der Waals surface area contributed by atoms with E-state index in [-0.39, 0.29) is 24.7 Å². The van der Waals surface area contributed by atoms with Gasteiger partial charge in [-0.05, 0) is 81.8 Å². The first kappa shape index (κ1) is 33.4. The van der Waals surface area contributed by atoms with E-state index in [1.807, 2.05) is 33.8 Å². The third-order valence-electron chi connectivity index (χ3n) is 6.26. The largest absolute Gasteiger partial charge is 0.481 e. The number of carbonyl (C=O) groups is 1. The van der Waals surface area contributed by atoms with Gasteiger partial charge in [-0.15, -0.1) is 6.58 Å². The minimum atomic E-state index is -0.760. The highest BCUT2D eigenvalue weighted by atomic mass is 16.5. The Balaban J connectivity index is 0.000000580. The van der Waals surface area contributed by atoms with Crippen LogP contribution in [-0.4, -0.2) is 35.5 Å². The van der Waals surface area contributed by atoms with Crippen LogP contribution < -0.4 is 0 Å². The zero-order valence-corrected chi connectivity index (χ0v) is 23.9. The molecule has 1 N–H and O–H groups in total. The molecule has 5 unspecified atom stereocenters. The molecule has 5 atom stereocenters. The quantitative estimate of drug-likeness (QED) is 0.346. The summed E-state index contributed by atoms with van der Waals surface area (Å²) in [6, 6.07) is 0. The molecule has 3 rings (SSSR count). The molecule has 202 valence electrons. The predicted molar refractivity (Wildman–Crippen MR) is 150 cm³/mol. The second-order valence-electron chi connectivity index (χ2n) is 9.37. The van der Waals surface area contributed by atoms with Crippen molar-refractivity contribution in [2.45, 2.75) is 131 Å². The summed E-state index contributed by atoms with van der Waals surface area (Å²) in [7, 11) is 0. The molecule has 0 amide bonds. The summed E-state index contributed by atoms with van der Waals surface area (Å²) >= 11 is 0. The first-order valence-corrected chi connectivity index (χ1v) is 14.0. The smallest absolute Gasteiger partial charge is 0.305 e. The summed E-state index contributed by atoms with van der Waals surface area (Å²) in [5.74, 6) is 0.565. The summed E-state index contributed by atoms with van der Waals surface area (Å²) < 4.78 is 11.8. The third kappa shape index (κ3) is 14.5. The van der Waals surface area contributed by atoms with Crippen LogP contribution in [0, 0.1) is 11.8 Å². The summed E-state index contributed by atoms with van der Waals surface area (Å²) in [6.07, 6.45) is 19.1. The molecule has 2 aliphatic heterocycles. The lowest BCUT2D eigenvalue weighted by molar-refractivity contribution is -0.143. The number of carboxylic acids is 1. The molecule has 4 heteroatoms. The topological polar surface area (TPSA) is 55.8 Å². The first-order chi connectivity index (χ1) is 16.8. The van der Waals surface area contributed by atoms with E-state index >= 15 is 0 Å². The van der Waals surface area contributed by atoms with Gasteiger partial charge in [-0.2, -0.15) is 0 Å². The van der Waals surface area contributed by atoms with Crippen LogP contribution in [-0.2, 0) is 14.3 Å². The van der Waals surface area contributed by atoms with Gasteiger partial charge in [0.25, 0.3) is 0 Å². The fraction of sp³-hybridized carbons (Fsp3) is 0.710. The summed E-state index contributed by atoms with van der Waals surface area (Å²) in [5.41, 5.74) is 2.71. The number of rotatable bonds is 8. The van der Waals surface area contributed by atoms with Crippen molar-refractivity contribution in [3.8, 4) is 0 Å². The number of carboxylic acid groups (broad SMARTS) is 1. The average Bonchev–Trinajstić information content (AvgIpc) is 3.68. The van der Waals surface area contributed by atoms with Gasteiger partial charge in [0.2, 0.25) is 0 Å². The van der Waals surface area contributed by atoms with Crippen LogP contribution in [0.5, 0.6) is 0 Å². The fourth-order valence-corrected chi connectivity index (χ4v) is 4.22. The van der Waals surface area contributed by atoms with Crippen LogP contribution in [0.15, 0.2) is 48.1 Å². The molecule has 4 nitrogen and oxygen atoms in total. The Kier molecular flexibility index (Phi) is 18.6. The molecule has 0 aromatic rings. The van der Waals surface area contributed by atoms with Crippen molar-refractivity contribution >= 4 is 5.97 Å². The Morgan fingerprint density at radius 2 is 1.80 bits per heavy atom. The van der Waals surface area contributed by atoms with Crippen molar-refractivity contribution in [2.24, 2.45) is 11.8 Å². The van der Waals surface area contributed by atoms with Gasteiger partial charge in [0.05, 0.1) is 30.8 Å². The number of hydrogen-bond acceptors (Lipinski definition) is 3. The van der Waals surface area contributed by atoms with Crippen molar-refractivity contribution in [3.05, 3.63) is 48.1 Å². The normalized spacial score (nSPS) is 28.3. The number of ether oxygens (including phenoxy) is 2. The lowest BCUT2D eigenvalue weighted by Crippen LogP contribution is -2.32. The number of aliphatic carboxylic acids is 1. The van der Waals surface area contributed by atoms with Gasteiger partial charge in [0.1, 0.15) is 0 Å². The zero-order valence-electron chi connectivity index (χ0n) is 23.9. The maximum Gasteiger partial charge on any atom is 0.305 e. The van der Waals surface area contributed by atoms with Crippen LogP contribution in [0.3, 0.4) is 0 Å². The van der Waals surface area contributed by atoms with Gasteiger partial charge in [-0.25, -0.2) is 0 Å². The third-order valence-corrected chi connectivity index (χ3v) is 6.26. The van der Waals surface area contributed by atoms with Crippen LogP contribution >= 0.6 is 0 Å². The molecule has 1 saturated heterocycles. The molecule has 0 bridgehead atoms. The lowest BCUT2D eigenvalue weighted by Gasteiger charge is -2.31. The van der Waals surface area contributed by atoms with Gasteiger partial charge in [-0.3, -0.25) is 4.79 Å². The minimum absolute atomic E-state index is 0.102. The van der Waals surface area contributed by atoms with Gasteiger partial charge in [-0.1, -0.05) is 71.9 Å². The van der Waals surface area contributed by atoms with Crippen molar-refractivity contribution < 1.29 is 19.4 Å². The van der Waals surface area contributed by atoms with Crippen molar-refractivity contribution in [1.29, 1.82) is 0 Å². The maximum absolute atomic E-state index is 10.7. The van der Waals surface area contributed by atoms with E-state index in [1.165, 1.54) is 24.0 Å². The van der Waals surface area contributed by atoms with Crippen molar-refractivity contribution in [3.63, 3.8) is 0 Å². The van der Waals surface area contributed by atoms with E-state index in [0.29, 0.717) is 12.0 Å². The molecule has 35 heavy (non-hydrogen) atoms. The predicted octanol–water partition coefficient (Wildman–Crippen LogP) is 8.69. The average molecular weight is 491 g/mol. The molecule has 0 radical (unpaired) electrons. The Hall–Kier alpha value is -1.65. The second kappa shape index (κ2) is 19.5. The highest BCUT2D eigenvalue weighted by Gasteiger charge is 2.28. The highest BCUT2D eigenvalue weighted by molar-refractivity contribution is 5.67. The van der Waals surface area contributed by atoms with Crippen molar-refractivity contribution in [1.82, 2.24) is 0 Å². The molecule has 0 aromatic heterocycles. The zero-order chi connectivity index (χ0) is 26.8. The van der Waals surface area contributed by atoms with E-state index in [4.69, 9.17) is 14.6 Å². The fourth-order valence-electron chi connectivity index (χ4n) is 4.22. The van der Waals surface area contributed by atoms with Gasteiger partial charge in [0, 0.05) is 0 Å². The van der Waals surface area contributed by atoms with E-state index in [2.05, 4.69) is 58.6 Å². The van der Waals surface area contributed by atoms with E-state index < -0.39 is 5.97 Å². The number of allylic oxidation sites excluding steroid dienone is 3. The first-order valence-electron chi connectivity index (χ1n) is 14.0. The highest BCUT2D eigenvalue weighted by Crippen LogP contribution is 2.32. The molecule has 0 aromatic carbocycles. The van der Waals surface area contributed by atoms with Crippen LogP contribution in [0.25, 0.3) is 0 Å². The van der Waals surface area contributed by atoms with E-state index in [1.54, 1.807) is 0 Å². The summed E-state index contributed by atoms with van der Waals surface area (Å²) in [4.78, 5) is 10.7. The van der Waals surface area contributed by atoms with Gasteiger partial charge in [0.15, 0.2) is 0 Å². The molecule has 1 aliphatic carbocycles. The van der Waals surface area contributed by atoms with E-state index in [0.717, 1.165) is 38.0 Å². The maximum atomic E-state index is 10.7. The molecular formula is C31H54O4. The molecular weight excluding hydrogens is 436 g/mol. The molecule has 3 aliphatic rings. The summed E-state index contributed by atoms with van der Waals surface area (Å²) in [5, 5.41) is 8.77. The molecule has 1 saturated carbocycles. The monoisotopic (exact) mass is 490 g/mol. The van der Waals surface area contributed by atoms with E-state index in [9.17, 15) is 4.79 Å². The Bertz CT molecular complexity index is 671. The Morgan fingerprint density at radius 3 is 2.34 bits per heavy atom. The molecule has 0 spiro atoms. The Morgan fingerprint density at radius 1 is 1.14 bits per heavy atom. The Labute approximate surface area is 216 Å². The summed E-state index contributed by atoms with van der Waals surface area (Å²) in [6.45, 7) is 20.4.